The Kier molecular flexibility index (Phi) is 6.03. The maximum absolute atomic E-state index is 6.70. The molecule has 1 heterocycles. The van der Waals surface area contributed by atoms with Gasteiger partial charge in [-0.05, 0) is 121 Å². The number of nitrogens with zero attached hydrogens (tertiary/aromatic N) is 1. The molecule has 2 heteroatoms. The molecule has 53 heavy (non-hydrogen) atoms. The lowest BCUT2D eigenvalue weighted by atomic mass is 9.78. The summed E-state index contributed by atoms with van der Waals surface area (Å²) in [6.07, 6.45) is 0. The van der Waals surface area contributed by atoms with Crippen molar-refractivity contribution in [2.75, 3.05) is 4.90 Å². The van der Waals surface area contributed by atoms with Crippen molar-refractivity contribution in [2.24, 2.45) is 0 Å². The average molecular weight is 682 g/mol. The zero-order valence-electron chi connectivity index (χ0n) is 30.7. The van der Waals surface area contributed by atoms with Gasteiger partial charge >= 0.3 is 0 Å². The van der Waals surface area contributed by atoms with Crippen LogP contribution in [0.3, 0.4) is 0 Å². The van der Waals surface area contributed by atoms with Gasteiger partial charge in [0.1, 0.15) is 5.58 Å². The third kappa shape index (κ3) is 4.04. The van der Waals surface area contributed by atoms with E-state index in [9.17, 15) is 0 Å². The van der Waals surface area contributed by atoms with Crippen LogP contribution in [0.2, 0.25) is 0 Å². The summed E-state index contributed by atoms with van der Waals surface area (Å²) in [5.74, 6) is 0. The number of fused-ring (bicyclic) bond motifs is 13. The molecule has 0 amide bonds. The van der Waals surface area contributed by atoms with Crippen molar-refractivity contribution in [3.8, 4) is 22.3 Å². The smallest absolute Gasteiger partial charge is 0.159 e. The molecule has 0 saturated carbocycles. The van der Waals surface area contributed by atoms with Crippen LogP contribution in [-0.4, -0.2) is 0 Å². The molecule has 0 unspecified atom stereocenters. The summed E-state index contributed by atoms with van der Waals surface area (Å²) in [5.41, 5.74) is 17.2. The minimum atomic E-state index is -0.165. The zero-order chi connectivity index (χ0) is 35.8. The first-order chi connectivity index (χ1) is 25.7. The Hall–Kier alpha value is -6.12. The molecule has 0 atom stereocenters. The van der Waals surface area contributed by atoms with E-state index in [0.717, 1.165) is 44.6 Å². The van der Waals surface area contributed by atoms with Gasteiger partial charge in [0.05, 0.1) is 5.69 Å². The molecule has 0 saturated heterocycles. The second-order valence-electron chi connectivity index (χ2n) is 16.2. The van der Waals surface area contributed by atoms with Crippen molar-refractivity contribution in [1.82, 2.24) is 0 Å². The van der Waals surface area contributed by atoms with Crippen LogP contribution in [0.15, 0.2) is 150 Å². The van der Waals surface area contributed by atoms with E-state index in [-0.39, 0.29) is 10.8 Å². The molecule has 2 aliphatic rings. The van der Waals surface area contributed by atoms with E-state index in [2.05, 4.69) is 185 Å². The minimum Gasteiger partial charge on any atom is -0.454 e. The molecular weight excluding hydrogens is 643 g/mol. The van der Waals surface area contributed by atoms with Gasteiger partial charge in [-0.2, -0.15) is 0 Å². The molecule has 11 rings (SSSR count). The number of para-hydroxylation sites is 3. The van der Waals surface area contributed by atoms with Gasteiger partial charge in [0.2, 0.25) is 0 Å². The number of aryl methyl sites for hydroxylation is 1. The van der Waals surface area contributed by atoms with Crippen LogP contribution in [-0.2, 0) is 10.8 Å². The lowest BCUT2D eigenvalue weighted by Gasteiger charge is -2.27. The minimum absolute atomic E-state index is 0.0957. The second-order valence-corrected chi connectivity index (χ2v) is 16.2. The van der Waals surface area contributed by atoms with Gasteiger partial charge in [0.25, 0.3) is 0 Å². The Morgan fingerprint density at radius 2 is 1.02 bits per heavy atom. The molecule has 2 nitrogen and oxygen atoms in total. The van der Waals surface area contributed by atoms with Crippen molar-refractivity contribution < 1.29 is 4.42 Å². The second kappa shape index (κ2) is 10.5. The quantitative estimate of drug-likeness (QED) is 0.185. The summed E-state index contributed by atoms with van der Waals surface area (Å²) in [6.45, 7) is 11.8. The van der Waals surface area contributed by atoms with Crippen LogP contribution < -0.4 is 4.90 Å². The van der Waals surface area contributed by atoms with Gasteiger partial charge < -0.3 is 9.32 Å². The van der Waals surface area contributed by atoms with Gasteiger partial charge in [0, 0.05) is 33.0 Å². The van der Waals surface area contributed by atoms with Crippen LogP contribution in [0.25, 0.3) is 65.7 Å². The summed E-state index contributed by atoms with van der Waals surface area (Å²) in [7, 11) is 0. The van der Waals surface area contributed by atoms with E-state index < -0.39 is 0 Å². The first-order valence-electron chi connectivity index (χ1n) is 18.8. The molecule has 0 bridgehead atoms. The third-order valence-electron chi connectivity index (χ3n) is 12.5. The predicted molar refractivity (Wildman–Crippen MR) is 223 cm³/mol. The lowest BCUT2D eigenvalue weighted by molar-refractivity contribution is 0.657. The topological polar surface area (TPSA) is 16.4 Å². The number of furan rings is 1. The molecule has 0 radical (unpaired) electrons. The van der Waals surface area contributed by atoms with E-state index in [4.69, 9.17) is 4.42 Å². The Morgan fingerprint density at radius 1 is 0.434 bits per heavy atom. The largest absolute Gasteiger partial charge is 0.454 e. The Labute approximate surface area is 309 Å². The van der Waals surface area contributed by atoms with Crippen molar-refractivity contribution in [1.29, 1.82) is 0 Å². The fraction of sp³-hybridized carbons (Fsp3) is 0.137. The zero-order valence-corrected chi connectivity index (χ0v) is 30.7. The average Bonchev–Trinajstić information content (AvgIpc) is 3.75. The van der Waals surface area contributed by atoms with Crippen molar-refractivity contribution >= 4 is 60.5 Å². The van der Waals surface area contributed by atoms with E-state index in [0.29, 0.717) is 0 Å². The molecule has 0 aliphatic heterocycles. The molecule has 0 fully saturated rings. The highest BCUT2D eigenvalue weighted by Gasteiger charge is 2.43. The SMILES string of the molecule is Cc1cccc2c1oc1c(N(c3ccccc3)c3ccc4c5c(ccc4c3)-c3cc4c(cc3C5(C)C)-c3ccc5ccccc5c3C4(C)C)cccc12. The van der Waals surface area contributed by atoms with Gasteiger partial charge in [-0.3, -0.25) is 0 Å². The highest BCUT2D eigenvalue weighted by molar-refractivity contribution is 6.11. The molecule has 2 aliphatic carbocycles. The summed E-state index contributed by atoms with van der Waals surface area (Å²) < 4.78 is 6.70. The molecule has 0 spiro atoms. The number of anilines is 3. The Bertz CT molecular complexity index is 3010. The van der Waals surface area contributed by atoms with E-state index >= 15 is 0 Å². The van der Waals surface area contributed by atoms with Crippen molar-refractivity contribution in [3.63, 3.8) is 0 Å². The van der Waals surface area contributed by atoms with Crippen LogP contribution in [0.1, 0.15) is 55.5 Å². The molecule has 0 N–H and O–H groups in total. The first-order valence-corrected chi connectivity index (χ1v) is 18.8. The molecule has 254 valence electrons. The summed E-state index contributed by atoms with van der Waals surface area (Å²) in [6, 6.07) is 53.9. The van der Waals surface area contributed by atoms with Crippen molar-refractivity contribution in [3.05, 3.63) is 173 Å². The predicted octanol–water partition coefficient (Wildman–Crippen LogP) is 14.3. The fourth-order valence-corrected chi connectivity index (χ4v) is 10.00. The van der Waals surface area contributed by atoms with Gasteiger partial charge in [-0.1, -0.05) is 131 Å². The maximum Gasteiger partial charge on any atom is 0.159 e. The van der Waals surface area contributed by atoms with E-state index in [1.807, 2.05) is 0 Å². The first kappa shape index (κ1) is 30.5. The summed E-state index contributed by atoms with van der Waals surface area (Å²) in [5, 5.41) is 7.50. The molecule has 9 aromatic rings. The lowest BCUT2D eigenvalue weighted by Crippen LogP contribution is -2.17. The normalized spacial score (nSPS) is 14.8. The van der Waals surface area contributed by atoms with Gasteiger partial charge in [-0.25, -0.2) is 0 Å². The number of hydrogen-bond donors (Lipinski definition) is 0. The number of hydrogen-bond acceptors (Lipinski definition) is 2. The standard InChI is InChI=1S/C51H39NO/c1-30-13-11-18-39-40-19-12-20-45(49(40)53-48(30)39)52(33-15-7-6-8-16-33)34-23-26-36-32(27-34)22-25-38-42-29-43-41(28-44(42)51(4,5)47(36)38)37-24-21-31-14-9-10-17-35(31)46(37)50(43,2)3/h6-29H,1-5H3. The van der Waals surface area contributed by atoms with Gasteiger partial charge in [0.15, 0.2) is 5.58 Å². The van der Waals surface area contributed by atoms with Crippen LogP contribution in [0.4, 0.5) is 17.1 Å². The highest BCUT2D eigenvalue weighted by Crippen LogP contribution is 2.58. The maximum atomic E-state index is 6.70. The summed E-state index contributed by atoms with van der Waals surface area (Å²) >= 11 is 0. The molecular formula is C51H39NO. The molecule has 8 aromatic carbocycles. The monoisotopic (exact) mass is 681 g/mol. The Morgan fingerprint density at radius 3 is 1.74 bits per heavy atom. The van der Waals surface area contributed by atoms with E-state index in [1.165, 1.54) is 66.1 Å². The van der Waals surface area contributed by atoms with Crippen molar-refractivity contribution in [2.45, 2.75) is 45.4 Å². The van der Waals surface area contributed by atoms with Gasteiger partial charge in [-0.15, -0.1) is 0 Å². The van der Waals surface area contributed by atoms with Crippen LogP contribution in [0.5, 0.6) is 0 Å². The fourth-order valence-electron chi connectivity index (χ4n) is 10.00. The number of benzene rings is 8. The third-order valence-corrected chi connectivity index (χ3v) is 12.5. The van der Waals surface area contributed by atoms with Crippen LogP contribution in [0, 0.1) is 6.92 Å². The highest BCUT2D eigenvalue weighted by atomic mass is 16.3. The summed E-state index contributed by atoms with van der Waals surface area (Å²) in [4.78, 5) is 2.35. The van der Waals surface area contributed by atoms with E-state index in [1.54, 1.807) is 0 Å². The number of rotatable bonds is 3. The van der Waals surface area contributed by atoms with Crippen LogP contribution >= 0.6 is 0 Å². The Balaban J connectivity index is 1.08. The molecule has 1 aromatic heterocycles.